The van der Waals surface area contributed by atoms with Gasteiger partial charge in [-0.05, 0) is 18.4 Å². The van der Waals surface area contributed by atoms with E-state index in [0.29, 0.717) is 21.3 Å². The summed E-state index contributed by atoms with van der Waals surface area (Å²) in [5.41, 5.74) is 7.27. The van der Waals surface area contributed by atoms with E-state index in [1.165, 1.54) is 18.9 Å². The summed E-state index contributed by atoms with van der Waals surface area (Å²) in [5, 5.41) is 10.2. The zero-order valence-electron chi connectivity index (χ0n) is 11.9. The summed E-state index contributed by atoms with van der Waals surface area (Å²) in [5.74, 6) is -0.649. The number of carbonyl (C=O) groups is 1. The number of pyridine rings is 1. The van der Waals surface area contributed by atoms with E-state index in [4.69, 9.17) is 22.1 Å². The fraction of sp³-hybridized carbons (Fsp3) is 0.133. The highest BCUT2D eigenvalue weighted by Gasteiger charge is 2.24. The van der Waals surface area contributed by atoms with Gasteiger partial charge in [-0.1, -0.05) is 23.7 Å². The lowest BCUT2D eigenvalue weighted by atomic mass is 10.0. The van der Waals surface area contributed by atoms with Crippen LogP contribution in [0, 0.1) is 11.3 Å². The van der Waals surface area contributed by atoms with E-state index >= 15 is 0 Å². The molecule has 2 aromatic rings. The van der Waals surface area contributed by atoms with Crippen LogP contribution < -0.4 is 5.73 Å². The number of esters is 1. The zero-order valence-corrected chi connectivity index (χ0v) is 13.5. The number of aromatic nitrogens is 1. The Kier molecular flexibility index (Phi) is 4.91. The fourth-order valence-electron chi connectivity index (χ4n) is 1.99. The van der Waals surface area contributed by atoms with Crippen molar-refractivity contribution in [3.8, 4) is 17.3 Å². The fourth-order valence-corrected chi connectivity index (χ4v) is 2.72. The first-order chi connectivity index (χ1) is 10.5. The van der Waals surface area contributed by atoms with Crippen LogP contribution in [0.3, 0.4) is 0 Å². The van der Waals surface area contributed by atoms with Gasteiger partial charge in [0, 0.05) is 10.6 Å². The number of nitrogens with zero attached hydrogens (tertiary/aromatic N) is 2. The van der Waals surface area contributed by atoms with E-state index in [9.17, 15) is 10.1 Å². The number of methoxy groups -OCH3 is 1. The predicted octanol–water partition coefficient (Wildman–Crippen LogP) is 3.36. The summed E-state index contributed by atoms with van der Waals surface area (Å²) < 4.78 is 4.77. The number of rotatable bonds is 3. The van der Waals surface area contributed by atoms with Crippen molar-refractivity contribution in [2.24, 2.45) is 0 Å². The highest BCUT2D eigenvalue weighted by molar-refractivity contribution is 7.98. The minimum atomic E-state index is -0.649. The first-order valence-corrected chi connectivity index (χ1v) is 7.75. The van der Waals surface area contributed by atoms with Gasteiger partial charge in [-0.3, -0.25) is 0 Å². The molecule has 0 aliphatic carbocycles. The van der Waals surface area contributed by atoms with Gasteiger partial charge in [0.05, 0.1) is 18.5 Å². The molecule has 0 spiro atoms. The molecule has 0 amide bonds. The molecule has 0 aliphatic rings. The number of halogens is 1. The second-order valence-corrected chi connectivity index (χ2v) is 5.48. The Balaban J connectivity index is 2.85. The Morgan fingerprint density at radius 1 is 1.50 bits per heavy atom. The molecule has 0 saturated carbocycles. The molecule has 2 rings (SSSR count). The van der Waals surface area contributed by atoms with Gasteiger partial charge >= 0.3 is 5.97 Å². The number of hydrogen-bond donors (Lipinski definition) is 1. The minimum absolute atomic E-state index is 0.0590. The second kappa shape index (κ2) is 6.69. The number of ether oxygens (including phenoxy) is 1. The van der Waals surface area contributed by atoms with Crippen molar-refractivity contribution in [2.75, 3.05) is 19.1 Å². The first-order valence-electron chi connectivity index (χ1n) is 6.15. The molecule has 1 aromatic heterocycles. The van der Waals surface area contributed by atoms with Crippen LogP contribution in [-0.4, -0.2) is 24.3 Å². The Hall–Kier alpha value is -2.23. The molecule has 1 aromatic carbocycles. The summed E-state index contributed by atoms with van der Waals surface area (Å²) >= 11 is 7.28. The van der Waals surface area contributed by atoms with Gasteiger partial charge in [0.1, 0.15) is 22.2 Å². The Morgan fingerprint density at radius 2 is 2.23 bits per heavy atom. The maximum Gasteiger partial charge on any atom is 0.342 e. The summed E-state index contributed by atoms with van der Waals surface area (Å²) in [6, 6.07) is 8.87. The molecule has 7 heteroatoms. The highest BCUT2D eigenvalue weighted by Crippen LogP contribution is 2.34. The standard InChI is InChI=1S/C15H12ClN3O2S/c1-21-15(20)11-12(18)10(7-17)14(22-2)19-13(11)8-4-3-5-9(16)6-8/h3-6H,1-2H3,(H2,18,19). The molecule has 0 unspecified atom stereocenters. The molecular weight excluding hydrogens is 322 g/mol. The Bertz CT molecular complexity index is 787. The minimum Gasteiger partial charge on any atom is -0.465 e. The number of benzene rings is 1. The second-order valence-electron chi connectivity index (χ2n) is 4.25. The molecule has 0 fully saturated rings. The van der Waals surface area contributed by atoms with Crippen LogP contribution in [0.1, 0.15) is 15.9 Å². The van der Waals surface area contributed by atoms with Crippen LogP contribution in [0.15, 0.2) is 29.3 Å². The van der Waals surface area contributed by atoms with Gasteiger partial charge in [0.15, 0.2) is 0 Å². The summed E-state index contributed by atoms with van der Waals surface area (Å²) in [6.45, 7) is 0. The lowest BCUT2D eigenvalue weighted by Crippen LogP contribution is -2.12. The van der Waals surface area contributed by atoms with Gasteiger partial charge in [0.25, 0.3) is 0 Å². The van der Waals surface area contributed by atoms with E-state index in [0.717, 1.165) is 0 Å². The number of hydrogen-bond acceptors (Lipinski definition) is 6. The van der Waals surface area contributed by atoms with Crippen molar-refractivity contribution >= 4 is 35.0 Å². The lowest BCUT2D eigenvalue weighted by Gasteiger charge is -2.14. The van der Waals surface area contributed by atoms with Crippen molar-refractivity contribution in [1.29, 1.82) is 5.26 Å². The SMILES string of the molecule is COC(=O)c1c(-c2cccc(Cl)c2)nc(SC)c(C#N)c1N. The lowest BCUT2D eigenvalue weighted by molar-refractivity contribution is 0.0602. The van der Waals surface area contributed by atoms with Crippen LogP contribution >= 0.6 is 23.4 Å². The van der Waals surface area contributed by atoms with Gasteiger partial charge in [-0.25, -0.2) is 9.78 Å². The smallest absolute Gasteiger partial charge is 0.342 e. The van der Waals surface area contributed by atoms with Gasteiger partial charge < -0.3 is 10.5 Å². The number of carbonyl (C=O) groups excluding carboxylic acids is 1. The van der Waals surface area contributed by atoms with Crippen molar-refractivity contribution in [3.63, 3.8) is 0 Å². The van der Waals surface area contributed by atoms with Crippen molar-refractivity contribution in [1.82, 2.24) is 4.98 Å². The normalized spacial score (nSPS) is 10.1. The summed E-state index contributed by atoms with van der Waals surface area (Å²) in [7, 11) is 1.25. The van der Waals surface area contributed by atoms with Gasteiger partial charge in [-0.15, -0.1) is 11.8 Å². The monoisotopic (exact) mass is 333 g/mol. The van der Waals surface area contributed by atoms with E-state index < -0.39 is 5.97 Å². The van der Waals surface area contributed by atoms with Crippen LogP contribution in [0.25, 0.3) is 11.3 Å². The third kappa shape index (κ3) is 2.86. The topological polar surface area (TPSA) is 89.0 Å². The molecule has 0 saturated heterocycles. The third-order valence-electron chi connectivity index (χ3n) is 3.00. The summed E-state index contributed by atoms with van der Waals surface area (Å²) in [4.78, 5) is 16.5. The van der Waals surface area contributed by atoms with Gasteiger partial charge in [0.2, 0.25) is 0 Å². The van der Waals surface area contributed by atoms with Gasteiger partial charge in [-0.2, -0.15) is 5.26 Å². The number of nitrogen functional groups attached to an aromatic ring is 1. The molecule has 112 valence electrons. The molecule has 2 N–H and O–H groups in total. The Labute approximate surface area is 137 Å². The molecule has 5 nitrogen and oxygen atoms in total. The number of thioether (sulfide) groups is 1. The van der Waals surface area contributed by atoms with E-state index in [1.54, 1.807) is 30.5 Å². The molecule has 0 atom stereocenters. The van der Waals surface area contributed by atoms with Crippen LogP contribution in [0.2, 0.25) is 5.02 Å². The maximum atomic E-state index is 12.1. The van der Waals surface area contributed by atoms with Crippen molar-refractivity contribution in [2.45, 2.75) is 5.03 Å². The van der Waals surface area contributed by atoms with Crippen LogP contribution in [-0.2, 0) is 4.74 Å². The molecule has 22 heavy (non-hydrogen) atoms. The molecule has 0 bridgehead atoms. The zero-order chi connectivity index (χ0) is 16.3. The van der Waals surface area contributed by atoms with Crippen LogP contribution in [0.4, 0.5) is 5.69 Å². The van der Waals surface area contributed by atoms with Crippen molar-refractivity contribution in [3.05, 3.63) is 40.4 Å². The average Bonchev–Trinajstić information content (AvgIpc) is 2.53. The van der Waals surface area contributed by atoms with Crippen LogP contribution in [0.5, 0.6) is 0 Å². The summed E-state index contributed by atoms with van der Waals surface area (Å²) in [6.07, 6.45) is 1.78. The van der Waals surface area contributed by atoms with E-state index in [-0.39, 0.29) is 16.8 Å². The highest BCUT2D eigenvalue weighted by atomic mass is 35.5. The average molecular weight is 334 g/mol. The molecule has 0 aliphatic heterocycles. The number of nitrogens with two attached hydrogens (primary N) is 1. The first kappa shape index (κ1) is 16.1. The largest absolute Gasteiger partial charge is 0.465 e. The molecular formula is C15H12ClN3O2S. The predicted molar refractivity (Wildman–Crippen MR) is 86.9 cm³/mol. The third-order valence-corrected chi connectivity index (χ3v) is 3.91. The number of anilines is 1. The van der Waals surface area contributed by atoms with E-state index in [1.807, 2.05) is 6.07 Å². The quantitative estimate of drug-likeness (QED) is 0.684. The molecule has 1 heterocycles. The Morgan fingerprint density at radius 3 is 2.77 bits per heavy atom. The molecule has 0 radical (unpaired) electrons. The van der Waals surface area contributed by atoms with E-state index in [2.05, 4.69) is 4.98 Å². The van der Waals surface area contributed by atoms with Crippen molar-refractivity contribution < 1.29 is 9.53 Å². The number of nitriles is 1. The maximum absolute atomic E-state index is 12.1.